The predicted molar refractivity (Wildman–Crippen MR) is 84.2 cm³/mol. The normalized spacial score (nSPS) is 25.9. The molecule has 0 aromatic carbocycles. The Morgan fingerprint density at radius 1 is 1.00 bits per heavy atom. The number of hydrogen-bond acceptors (Lipinski definition) is 2. The molecule has 2 atom stereocenters. The summed E-state index contributed by atoms with van der Waals surface area (Å²) in [5, 5.41) is 2.66. The number of carbonyl (C=O) groups excluding carboxylic acids is 2. The summed E-state index contributed by atoms with van der Waals surface area (Å²) in [6.07, 6.45) is 1.22. The van der Waals surface area contributed by atoms with Crippen LogP contribution in [0.15, 0.2) is 0 Å². The van der Waals surface area contributed by atoms with Crippen molar-refractivity contribution in [3.63, 3.8) is 0 Å². The van der Waals surface area contributed by atoms with E-state index in [1.165, 1.54) is 0 Å². The fourth-order valence-corrected chi connectivity index (χ4v) is 3.64. The number of likely N-dealkylation sites (tertiary alicyclic amines) is 1. The lowest BCUT2D eigenvalue weighted by Crippen LogP contribution is -2.39. The minimum atomic E-state index is -4.22. The average molecular weight is 348 g/mol. The van der Waals surface area contributed by atoms with Crippen molar-refractivity contribution >= 4 is 11.8 Å². The first kappa shape index (κ1) is 19.1. The van der Waals surface area contributed by atoms with Gasteiger partial charge in [-0.3, -0.25) is 9.59 Å². The molecule has 1 saturated heterocycles. The second kappa shape index (κ2) is 8.72. The summed E-state index contributed by atoms with van der Waals surface area (Å²) in [7, 11) is 0. The predicted octanol–water partition coefficient (Wildman–Crippen LogP) is 3.26. The Bertz CT molecular complexity index is 432. The van der Waals surface area contributed by atoms with Crippen molar-refractivity contribution in [1.82, 2.24) is 10.2 Å². The maximum atomic E-state index is 12.8. The summed E-state index contributed by atoms with van der Waals surface area (Å²) < 4.78 is 38.4. The third-order valence-corrected chi connectivity index (χ3v) is 5.10. The van der Waals surface area contributed by atoms with Gasteiger partial charge in [0.15, 0.2) is 0 Å². The van der Waals surface area contributed by atoms with E-state index in [4.69, 9.17) is 0 Å². The fraction of sp³-hybridized carbons (Fsp3) is 0.882. The number of rotatable bonds is 4. The van der Waals surface area contributed by atoms with E-state index in [-0.39, 0.29) is 37.6 Å². The molecule has 0 aromatic rings. The van der Waals surface area contributed by atoms with Crippen LogP contribution in [0, 0.1) is 11.8 Å². The zero-order valence-corrected chi connectivity index (χ0v) is 14.0. The highest BCUT2D eigenvalue weighted by atomic mass is 19.4. The third-order valence-electron chi connectivity index (χ3n) is 5.10. The molecule has 4 nitrogen and oxygen atoms in total. The van der Waals surface area contributed by atoms with Crippen molar-refractivity contribution in [1.29, 1.82) is 0 Å². The first-order valence-corrected chi connectivity index (χ1v) is 9.00. The summed E-state index contributed by atoms with van der Waals surface area (Å²) in [5.41, 5.74) is 0. The van der Waals surface area contributed by atoms with Gasteiger partial charge in [-0.1, -0.05) is 19.3 Å². The van der Waals surface area contributed by atoms with Gasteiger partial charge in [0.2, 0.25) is 11.8 Å². The Balaban J connectivity index is 1.71. The molecule has 1 heterocycles. The van der Waals surface area contributed by atoms with Gasteiger partial charge in [-0.25, -0.2) is 0 Å². The summed E-state index contributed by atoms with van der Waals surface area (Å²) in [6, 6.07) is 0. The van der Waals surface area contributed by atoms with Crippen LogP contribution in [0.5, 0.6) is 0 Å². The number of nitrogens with one attached hydrogen (secondary N) is 1. The molecule has 2 fully saturated rings. The smallest absolute Gasteiger partial charge is 0.355 e. The average Bonchev–Trinajstić information content (AvgIpc) is 2.83. The molecule has 2 aliphatic rings. The van der Waals surface area contributed by atoms with E-state index in [1.807, 2.05) is 4.90 Å². The lowest BCUT2D eigenvalue weighted by molar-refractivity contribution is -0.186. The quantitative estimate of drug-likeness (QED) is 0.848. The van der Waals surface area contributed by atoms with E-state index in [1.54, 1.807) is 0 Å². The number of halogens is 3. The minimum Gasteiger partial charge on any atom is -0.355 e. The van der Waals surface area contributed by atoms with Crippen molar-refractivity contribution < 1.29 is 22.8 Å². The van der Waals surface area contributed by atoms with Crippen molar-refractivity contribution in [2.75, 3.05) is 19.6 Å². The topological polar surface area (TPSA) is 49.4 Å². The lowest BCUT2D eigenvalue weighted by atomic mass is 9.80. The Hall–Kier alpha value is -1.27. The van der Waals surface area contributed by atoms with Crippen molar-refractivity contribution in [2.45, 2.75) is 64.0 Å². The first-order chi connectivity index (χ1) is 11.4. The molecule has 24 heavy (non-hydrogen) atoms. The lowest BCUT2D eigenvalue weighted by Gasteiger charge is -2.29. The zero-order valence-electron chi connectivity index (χ0n) is 14.0. The molecule has 0 radical (unpaired) electrons. The van der Waals surface area contributed by atoms with Crippen molar-refractivity contribution in [2.24, 2.45) is 11.8 Å². The second-order valence-electron chi connectivity index (χ2n) is 6.94. The van der Waals surface area contributed by atoms with Gasteiger partial charge in [-0.15, -0.1) is 0 Å². The van der Waals surface area contributed by atoms with Gasteiger partial charge in [0, 0.05) is 32.0 Å². The van der Waals surface area contributed by atoms with E-state index in [0.717, 1.165) is 38.8 Å². The monoisotopic (exact) mass is 348 g/mol. The molecule has 1 saturated carbocycles. The van der Waals surface area contributed by atoms with Crippen LogP contribution in [0.2, 0.25) is 0 Å². The summed E-state index contributed by atoms with van der Waals surface area (Å²) in [4.78, 5) is 26.0. The number of nitrogens with zero attached hydrogens (tertiary/aromatic N) is 1. The Labute approximate surface area is 141 Å². The molecule has 2 rings (SSSR count). The Morgan fingerprint density at radius 3 is 2.29 bits per heavy atom. The van der Waals surface area contributed by atoms with Crippen molar-refractivity contribution in [3.05, 3.63) is 0 Å². The zero-order chi connectivity index (χ0) is 17.6. The van der Waals surface area contributed by atoms with Crippen LogP contribution in [-0.4, -0.2) is 42.5 Å². The van der Waals surface area contributed by atoms with E-state index in [9.17, 15) is 22.8 Å². The third kappa shape index (κ3) is 5.67. The largest absolute Gasteiger partial charge is 0.391 e. The van der Waals surface area contributed by atoms with Crippen LogP contribution in [0.3, 0.4) is 0 Å². The minimum absolute atomic E-state index is 0.0222. The second-order valence-corrected chi connectivity index (χ2v) is 6.94. The van der Waals surface area contributed by atoms with Crippen LogP contribution in [0.4, 0.5) is 13.2 Å². The van der Waals surface area contributed by atoms with E-state index >= 15 is 0 Å². The molecule has 7 heteroatoms. The molecular weight excluding hydrogens is 321 g/mol. The molecule has 0 bridgehead atoms. The molecule has 0 aromatic heterocycles. The van der Waals surface area contributed by atoms with E-state index in [0.29, 0.717) is 12.8 Å². The summed E-state index contributed by atoms with van der Waals surface area (Å²) >= 11 is 0. The molecule has 138 valence electrons. The van der Waals surface area contributed by atoms with E-state index < -0.39 is 18.0 Å². The summed E-state index contributed by atoms with van der Waals surface area (Å²) in [5.74, 6) is -2.28. The Kier molecular flexibility index (Phi) is 6.92. The number of carbonyl (C=O) groups is 2. The number of alkyl halides is 3. The molecule has 1 aliphatic carbocycles. The molecule has 1 aliphatic heterocycles. The number of hydrogen-bond donors (Lipinski definition) is 1. The van der Waals surface area contributed by atoms with Crippen LogP contribution < -0.4 is 5.32 Å². The number of amides is 2. The maximum absolute atomic E-state index is 12.8. The van der Waals surface area contributed by atoms with Gasteiger partial charge in [0.25, 0.3) is 0 Å². The molecule has 0 unspecified atom stereocenters. The summed E-state index contributed by atoms with van der Waals surface area (Å²) in [6.45, 7) is 1.74. The first-order valence-electron chi connectivity index (χ1n) is 9.00. The van der Waals surface area contributed by atoms with Crippen LogP contribution >= 0.6 is 0 Å². The molecule has 0 spiro atoms. The van der Waals surface area contributed by atoms with Crippen LogP contribution in [-0.2, 0) is 9.59 Å². The molecule has 2 amide bonds. The highest BCUT2D eigenvalue weighted by Gasteiger charge is 2.43. The SMILES string of the molecule is O=C(NCCC(=O)N1CCCCCC1)[C@@H]1CCC[C@@H](C(F)(F)F)C1. The Morgan fingerprint density at radius 2 is 1.67 bits per heavy atom. The maximum Gasteiger partial charge on any atom is 0.391 e. The van der Waals surface area contributed by atoms with Crippen LogP contribution in [0.25, 0.3) is 0 Å². The van der Waals surface area contributed by atoms with Gasteiger partial charge in [-0.05, 0) is 32.1 Å². The molecule has 1 N–H and O–H groups in total. The fourth-order valence-electron chi connectivity index (χ4n) is 3.64. The highest BCUT2D eigenvalue weighted by molar-refractivity contribution is 5.80. The van der Waals surface area contributed by atoms with Gasteiger partial charge < -0.3 is 10.2 Å². The van der Waals surface area contributed by atoms with Gasteiger partial charge in [0.05, 0.1) is 5.92 Å². The van der Waals surface area contributed by atoms with Crippen LogP contribution in [0.1, 0.15) is 57.8 Å². The van der Waals surface area contributed by atoms with E-state index in [2.05, 4.69) is 5.32 Å². The van der Waals surface area contributed by atoms with Gasteiger partial charge in [0.1, 0.15) is 0 Å². The van der Waals surface area contributed by atoms with Gasteiger partial charge >= 0.3 is 6.18 Å². The van der Waals surface area contributed by atoms with Gasteiger partial charge in [-0.2, -0.15) is 13.2 Å². The standard InChI is InChI=1S/C17H27F3N2O2/c18-17(19,20)14-7-5-6-13(12-14)16(24)21-9-8-15(23)22-10-3-1-2-4-11-22/h13-14H,1-12H2,(H,21,24)/t13-,14-/m1/s1. The molecular formula is C17H27F3N2O2. The highest BCUT2D eigenvalue weighted by Crippen LogP contribution is 2.39. The van der Waals surface area contributed by atoms with Crippen molar-refractivity contribution in [3.8, 4) is 0 Å².